The van der Waals surface area contributed by atoms with Crippen LogP contribution in [-0.2, 0) is 0 Å². The van der Waals surface area contributed by atoms with Crippen LogP contribution in [0.2, 0.25) is 0 Å². The first kappa shape index (κ1) is 12.4. The minimum Gasteiger partial charge on any atom is -0.347 e. The maximum Gasteiger partial charge on any atom is 0.302 e. The molecular formula is C6H18B2N3P. The van der Waals surface area contributed by atoms with Gasteiger partial charge in [0.25, 0.3) is 0 Å². The Balaban J connectivity index is 3.27. The van der Waals surface area contributed by atoms with E-state index in [1.165, 1.54) is 0 Å². The number of hydrogen-bond donors (Lipinski definition) is 2. The van der Waals surface area contributed by atoms with Crippen molar-refractivity contribution in [1.82, 2.24) is 14.9 Å². The van der Waals surface area contributed by atoms with Gasteiger partial charge in [-0.3, -0.25) is 0 Å². The van der Waals surface area contributed by atoms with Gasteiger partial charge in [0.1, 0.15) is 0 Å². The van der Waals surface area contributed by atoms with E-state index in [9.17, 15) is 0 Å². The van der Waals surface area contributed by atoms with Crippen molar-refractivity contribution in [2.24, 2.45) is 0 Å². The van der Waals surface area contributed by atoms with Crippen LogP contribution in [0.25, 0.3) is 0 Å². The smallest absolute Gasteiger partial charge is 0.302 e. The molecule has 1 atom stereocenters. The third-order valence-corrected chi connectivity index (χ3v) is 1.41. The first-order valence-electron chi connectivity index (χ1n) is 4.24. The lowest BCUT2D eigenvalue weighted by molar-refractivity contribution is 0.718. The average molecular weight is 185 g/mol. The van der Waals surface area contributed by atoms with Gasteiger partial charge in [0.15, 0.2) is 0 Å². The highest BCUT2D eigenvalue weighted by atomic mass is 31.0. The first-order valence-corrected chi connectivity index (χ1v) is 4.76. The van der Waals surface area contributed by atoms with Gasteiger partial charge in [0, 0.05) is 0 Å². The van der Waals surface area contributed by atoms with E-state index in [0.29, 0.717) is 12.1 Å². The normalized spacial score (nSPS) is 11.3. The summed E-state index contributed by atoms with van der Waals surface area (Å²) in [5, 5.41) is 6.36. The standard InChI is InChI=1S/C6H18B2N3P/c1-5(2)9-7-11(12)8-10-6(3)4/h5-6,9-10H,12H2,1-4H3. The summed E-state index contributed by atoms with van der Waals surface area (Å²) in [4.78, 5) is 0. The van der Waals surface area contributed by atoms with Gasteiger partial charge in [-0.1, -0.05) is 37.1 Å². The molecule has 0 fully saturated rings. The van der Waals surface area contributed by atoms with Crippen molar-refractivity contribution >= 4 is 24.5 Å². The van der Waals surface area contributed by atoms with Crippen LogP contribution in [0.15, 0.2) is 0 Å². The Morgan fingerprint density at radius 2 is 1.33 bits per heavy atom. The lowest BCUT2D eigenvalue weighted by atomic mass is 9.98. The molecule has 0 aliphatic heterocycles. The average Bonchev–Trinajstić information content (AvgIpc) is 1.96. The van der Waals surface area contributed by atoms with E-state index in [0.717, 1.165) is 0 Å². The quantitative estimate of drug-likeness (QED) is 0.455. The fourth-order valence-electron chi connectivity index (χ4n) is 0.508. The highest BCUT2D eigenvalue weighted by Crippen LogP contribution is 1.90. The summed E-state index contributed by atoms with van der Waals surface area (Å²) in [5.74, 6) is 0. The highest BCUT2D eigenvalue weighted by Gasteiger charge is 2.04. The molecule has 0 heterocycles. The van der Waals surface area contributed by atoms with Crippen LogP contribution in [-0.4, -0.2) is 31.7 Å². The Bertz CT molecular complexity index is 101. The topological polar surface area (TPSA) is 27.3 Å². The summed E-state index contributed by atoms with van der Waals surface area (Å²) < 4.78 is 1.89. The lowest BCUT2D eigenvalue weighted by Gasteiger charge is -2.17. The fourth-order valence-corrected chi connectivity index (χ4v) is 0.680. The van der Waals surface area contributed by atoms with Gasteiger partial charge < -0.3 is 14.9 Å². The van der Waals surface area contributed by atoms with Crippen LogP contribution in [0.1, 0.15) is 27.7 Å². The molecule has 0 aromatic carbocycles. The van der Waals surface area contributed by atoms with Gasteiger partial charge in [-0.05, 0) is 12.1 Å². The minimum atomic E-state index is 0.473. The third kappa shape index (κ3) is 8.54. The Morgan fingerprint density at radius 1 is 1.00 bits per heavy atom. The second kappa shape index (κ2) is 6.90. The molecule has 0 saturated carbocycles. The number of rotatable bonds is 6. The predicted octanol–water partition coefficient (Wildman–Crippen LogP) is 0.143. The lowest BCUT2D eigenvalue weighted by Crippen LogP contribution is -2.44. The van der Waals surface area contributed by atoms with Crippen molar-refractivity contribution in [2.75, 3.05) is 0 Å². The summed E-state index contributed by atoms with van der Waals surface area (Å²) in [5.41, 5.74) is 0. The van der Waals surface area contributed by atoms with Crippen LogP contribution in [0.4, 0.5) is 0 Å². The molecule has 0 rings (SSSR count). The molecule has 0 spiro atoms. The van der Waals surface area contributed by atoms with E-state index in [2.05, 4.69) is 47.5 Å². The highest BCUT2D eigenvalue weighted by molar-refractivity contribution is 7.19. The molecule has 0 aliphatic rings. The molecule has 0 aromatic heterocycles. The Morgan fingerprint density at radius 3 is 1.58 bits per heavy atom. The molecule has 1 unspecified atom stereocenters. The zero-order valence-electron chi connectivity index (χ0n) is 8.33. The van der Waals surface area contributed by atoms with Crippen molar-refractivity contribution in [3.8, 4) is 0 Å². The van der Waals surface area contributed by atoms with Gasteiger partial charge in [-0.15, -0.1) is 0 Å². The maximum absolute atomic E-state index is 3.18. The number of nitrogens with zero attached hydrogens (tertiary/aromatic N) is 1. The van der Waals surface area contributed by atoms with Crippen LogP contribution < -0.4 is 10.5 Å². The molecule has 0 saturated heterocycles. The SMILES string of the molecule is CC(C)N[B]N(P)[B]NC(C)C. The van der Waals surface area contributed by atoms with Crippen molar-refractivity contribution in [3.05, 3.63) is 0 Å². The molecule has 3 nitrogen and oxygen atoms in total. The second-order valence-corrected chi connectivity index (χ2v) is 3.94. The first-order chi connectivity index (χ1) is 5.52. The van der Waals surface area contributed by atoms with Crippen LogP contribution in [0.5, 0.6) is 0 Å². The summed E-state index contributed by atoms with van der Waals surface area (Å²) in [7, 11) is 6.40. The van der Waals surface area contributed by atoms with Crippen LogP contribution in [0.3, 0.4) is 0 Å². The Hall–Kier alpha value is 0.440. The van der Waals surface area contributed by atoms with E-state index in [-0.39, 0.29) is 0 Å². The van der Waals surface area contributed by atoms with Gasteiger partial charge in [-0.2, -0.15) is 0 Å². The zero-order chi connectivity index (χ0) is 9.56. The van der Waals surface area contributed by atoms with Crippen LogP contribution in [0, 0.1) is 0 Å². The largest absolute Gasteiger partial charge is 0.347 e. The summed E-state index contributed by atoms with van der Waals surface area (Å²) >= 11 is 0. The molecular weight excluding hydrogens is 167 g/mol. The molecule has 2 radical (unpaired) electrons. The number of nitrogens with one attached hydrogen (secondary N) is 2. The molecule has 68 valence electrons. The Kier molecular flexibility index (Phi) is 7.16. The minimum absolute atomic E-state index is 0.473. The van der Waals surface area contributed by atoms with Gasteiger partial charge in [-0.25, -0.2) is 0 Å². The van der Waals surface area contributed by atoms with Gasteiger partial charge in [0.2, 0.25) is 0 Å². The van der Waals surface area contributed by atoms with Gasteiger partial charge in [0.05, 0.1) is 0 Å². The summed E-state index contributed by atoms with van der Waals surface area (Å²) in [6, 6.07) is 0.945. The zero-order valence-corrected chi connectivity index (χ0v) is 9.49. The molecule has 0 amide bonds. The molecule has 0 aliphatic carbocycles. The predicted molar refractivity (Wildman–Crippen MR) is 59.6 cm³/mol. The van der Waals surface area contributed by atoms with E-state index in [1.54, 1.807) is 0 Å². The van der Waals surface area contributed by atoms with Crippen molar-refractivity contribution in [3.63, 3.8) is 0 Å². The monoisotopic (exact) mass is 185 g/mol. The molecule has 6 heteroatoms. The molecule has 12 heavy (non-hydrogen) atoms. The summed E-state index contributed by atoms with van der Waals surface area (Å²) in [6.45, 7) is 8.41. The second-order valence-electron chi connectivity index (χ2n) is 3.35. The van der Waals surface area contributed by atoms with E-state index >= 15 is 0 Å². The van der Waals surface area contributed by atoms with Crippen molar-refractivity contribution in [2.45, 2.75) is 39.8 Å². The maximum atomic E-state index is 3.18. The van der Waals surface area contributed by atoms with E-state index < -0.39 is 0 Å². The van der Waals surface area contributed by atoms with E-state index in [1.807, 2.05) is 19.6 Å². The van der Waals surface area contributed by atoms with Crippen molar-refractivity contribution < 1.29 is 0 Å². The van der Waals surface area contributed by atoms with Gasteiger partial charge >= 0.3 is 15.1 Å². The van der Waals surface area contributed by atoms with E-state index in [4.69, 9.17) is 0 Å². The molecule has 0 bridgehead atoms. The fraction of sp³-hybridized carbons (Fsp3) is 1.00. The van der Waals surface area contributed by atoms with Crippen molar-refractivity contribution in [1.29, 1.82) is 0 Å². The Labute approximate surface area is 79.9 Å². The number of hydrogen-bond acceptors (Lipinski definition) is 3. The summed E-state index contributed by atoms with van der Waals surface area (Å²) in [6.07, 6.45) is 0. The third-order valence-electron chi connectivity index (χ3n) is 1.11. The van der Waals surface area contributed by atoms with Crippen LogP contribution >= 0.6 is 9.39 Å². The molecule has 0 aromatic rings. The molecule has 2 N–H and O–H groups in total.